The third kappa shape index (κ3) is 3.63. The molecule has 1 aromatic heterocycles. The summed E-state index contributed by atoms with van der Waals surface area (Å²) in [6.45, 7) is 0.254. The lowest BCUT2D eigenvalue weighted by atomic mass is 10.3. The molecule has 0 bridgehead atoms. The van der Waals surface area contributed by atoms with Crippen LogP contribution in [-0.4, -0.2) is 26.8 Å². The molecule has 0 spiro atoms. The summed E-state index contributed by atoms with van der Waals surface area (Å²) in [4.78, 5) is 0. The van der Waals surface area contributed by atoms with Crippen molar-refractivity contribution in [2.24, 2.45) is 0 Å². The van der Waals surface area contributed by atoms with Gasteiger partial charge in [-0.1, -0.05) is 0 Å². The van der Waals surface area contributed by atoms with E-state index in [1.54, 1.807) is 18.2 Å². The van der Waals surface area contributed by atoms with Gasteiger partial charge in [0.1, 0.15) is 11.6 Å². The van der Waals surface area contributed by atoms with Gasteiger partial charge in [-0.15, -0.1) is 0 Å². The van der Waals surface area contributed by atoms with Crippen molar-refractivity contribution in [1.82, 2.24) is 4.31 Å². The van der Waals surface area contributed by atoms with Crippen molar-refractivity contribution in [3.05, 3.63) is 46.4 Å². The summed E-state index contributed by atoms with van der Waals surface area (Å²) in [7, 11) is -0.717. The van der Waals surface area contributed by atoms with E-state index in [0.29, 0.717) is 15.9 Å². The molecule has 1 aromatic carbocycles. The highest BCUT2D eigenvalue weighted by Gasteiger charge is 2.21. The lowest BCUT2D eigenvalue weighted by molar-refractivity contribution is 0.402. The zero-order valence-corrected chi connectivity index (χ0v) is 13.8. The Hall–Kier alpha value is -1.38. The first kappa shape index (κ1) is 16.0. The fourth-order valence-corrected chi connectivity index (χ4v) is 2.63. The summed E-state index contributed by atoms with van der Waals surface area (Å²) >= 11 is 3.07. The number of nitrogens with one attached hydrogen (secondary N) is 1. The molecule has 0 atom stereocenters. The van der Waals surface area contributed by atoms with Gasteiger partial charge in [-0.05, 0) is 46.3 Å². The smallest absolute Gasteiger partial charge is 0.275 e. The molecule has 21 heavy (non-hydrogen) atoms. The minimum absolute atomic E-state index is 0.119. The third-order valence-corrected chi connectivity index (χ3v) is 5.09. The quantitative estimate of drug-likeness (QED) is 0.870. The van der Waals surface area contributed by atoms with Crippen LogP contribution in [0.5, 0.6) is 0 Å². The molecule has 8 heteroatoms. The maximum Gasteiger partial charge on any atom is 0.275 e. The molecule has 0 radical (unpaired) electrons. The molecule has 2 aromatic rings. The number of hydrogen-bond donors (Lipinski definition) is 1. The number of sulfonamides is 1. The van der Waals surface area contributed by atoms with Gasteiger partial charge in [-0.3, -0.25) is 0 Å². The Morgan fingerprint density at radius 3 is 2.62 bits per heavy atom. The number of rotatable bonds is 5. The summed E-state index contributed by atoms with van der Waals surface area (Å²) in [5.74, 6) is 0.0640. The van der Waals surface area contributed by atoms with Gasteiger partial charge in [0.05, 0.1) is 11.0 Å². The molecular formula is C13H14BrFN2O3S. The molecule has 0 saturated heterocycles. The Kier molecular flexibility index (Phi) is 4.70. The van der Waals surface area contributed by atoms with Crippen LogP contribution >= 0.6 is 15.9 Å². The molecule has 1 heterocycles. The second kappa shape index (κ2) is 6.17. The van der Waals surface area contributed by atoms with Crippen LogP contribution in [0.1, 0.15) is 5.76 Å². The Morgan fingerprint density at radius 1 is 1.29 bits per heavy atom. The van der Waals surface area contributed by atoms with Crippen LogP contribution in [0.4, 0.5) is 10.1 Å². The highest BCUT2D eigenvalue weighted by atomic mass is 79.9. The summed E-state index contributed by atoms with van der Waals surface area (Å²) < 4.78 is 43.8. The first-order chi connectivity index (χ1) is 9.80. The van der Waals surface area contributed by atoms with Gasteiger partial charge >= 0.3 is 0 Å². The number of anilines is 1. The van der Waals surface area contributed by atoms with Crippen molar-refractivity contribution in [3.63, 3.8) is 0 Å². The van der Waals surface area contributed by atoms with Gasteiger partial charge in [-0.2, -0.15) is 0 Å². The molecule has 114 valence electrons. The van der Waals surface area contributed by atoms with Crippen LogP contribution in [0.2, 0.25) is 0 Å². The van der Waals surface area contributed by atoms with Gasteiger partial charge < -0.3 is 9.73 Å². The van der Waals surface area contributed by atoms with Gasteiger partial charge in [0, 0.05) is 19.8 Å². The number of nitrogens with zero attached hydrogens (tertiary/aromatic N) is 1. The molecule has 1 N–H and O–H groups in total. The molecule has 0 saturated carbocycles. The van der Waals surface area contributed by atoms with E-state index in [9.17, 15) is 12.8 Å². The van der Waals surface area contributed by atoms with Crippen LogP contribution in [0.3, 0.4) is 0 Å². The summed E-state index contributed by atoms with van der Waals surface area (Å²) in [5.41, 5.74) is 0.573. The highest BCUT2D eigenvalue weighted by molar-refractivity contribution is 9.10. The van der Waals surface area contributed by atoms with Crippen LogP contribution in [0.15, 0.2) is 44.3 Å². The van der Waals surface area contributed by atoms with Crippen LogP contribution in [-0.2, 0) is 16.6 Å². The normalized spacial score (nSPS) is 11.9. The first-order valence-corrected chi connectivity index (χ1v) is 8.24. The zero-order valence-electron chi connectivity index (χ0n) is 11.4. The van der Waals surface area contributed by atoms with E-state index in [-0.39, 0.29) is 17.5 Å². The predicted molar refractivity (Wildman–Crippen MR) is 81.0 cm³/mol. The lowest BCUT2D eigenvalue weighted by Gasteiger charge is -2.08. The van der Waals surface area contributed by atoms with E-state index in [1.807, 2.05) is 0 Å². The standard InChI is InChI=1S/C13H14BrFN2O3S/c1-17(2)21(18,19)13-6-4-10(20-13)8-16-9-3-5-11(14)12(15)7-9/h3-7,16H,8H2,1-2H3. The largest absolute Gasteiger partial charge is 0.446 e. The average molecular weight is 377 g/mol. The van der Waals surface area contributed by atoms with Crippen molar-refractivity contribution in [2.45, 2.75) is 11.6 Å². The van der Waals surface area contributed by atoms with Crippen molar-refractivity contribution in [3.8, 4) is 0 Å². The Morgan fingerprint density at radius 2 is 2.00 bits per heavy atom. The summed E-state index contributed by atoms with van der Waals surface area (Å²) in [5, 5.41) is 2.84. The number of furan rings is 1. The SMILES string of the molecule is CN(C)S(=O)(=O)c1ccc(CNc2ccc(Br)c(F)c2)o1. The second-order valence-corrected chi connectivity index (χ2v) is 7.43. The van der Waals surface area contributed by atoms with Crippen LogP contribution in [0.25, 0.3) is 0 Å². The van der Waals surface area contributed by atoms with Crippen LogP contribution < -0.4 is 5.32 Å². The van der Waals surface area contributed by atoms with Gasteiger partial charge in [-0.25, -0.2) is 17.1 Å². The monoisotopic (exact) mass is 376 g/mol. The molecule has 0 amide bonds. The first-order valence-electron chi connectivity index (χ1n) is 6.01. The minimum atomic E-state index is -3.58. The van der Waals surface area contributed by atoms with Gasteiger partial charge in [0.15, 0.2) is 0 Å². The van der Waals surface area contributed by atoms with Gasteiger partial charge in [0.25, 0.3) is 10.0 Å². The van der Waals surface area contributed by atoms with E-state index >= 15 is 0 Å². The molecular weight excluding hydrogens is 363 g/mol. The molecule has 0 fully saturated rings. The minimum Gasteiger partial charge on any atom is -0.446 e. The van der Waals surface area contributed by atoms with Gasteiger partial charge in [0.2, 0.25) is 5.09 Å². The number of halogens is 2. The molecule has 0 aliphatic carbocycles. The third-order valence-electron chi connectivity index (χ3n) is 2.76. The van der Waals surface area contributed by atoms with E-state index < -0.39 is 10.0 Å². The Bertz CT molecular complexity index is 744. The van der Waals surface area contributed by atoms with Crippen LogP contribution in [0, 0.1) is 5.82 Å². The van der Waals surface area contributed by atoms with E-state index in [2.05, 4.69) is 21.2 Å². The Balaban J connectivity index is 2.08. The molecule has 5 nitrogen and oxygen atoms in total. The highest BCUT2D eigenvalue weighted by Crippen LogP contribution is 2.21. The number of benzene rings is 1. The molecule has 0 aliphatic heterocycles. The zero-order chi connectivity index (χ0) is 15.6. The molecule has 0 aliphatic rings. The molecule has 2 rings (SSSR count). The second-order valence-electron chi connectivity index (χ2n) is 4.49. The maximum absolute atomic E-state index is 13.4. The van der Waals surface area contributed by atoms with E-state index in [0.717, 1.165) is 4.31 Å². The topological polar surface area (TPSA) is 62.6 Å². The summed E-state index contributed by atoms with van der Waals surface area (Å²) in [6.07, 6.45) is 0. The van der Waals surface area contributed by atoms with Crippen molar-refractivity contribution < 1.29 is 17.2 Å². The van der Waals surface area contributed by atoms with E-state index in [1.165, 1.54) is 26.2 Å². The van der Waals surface area contributed by atoms with Crippen molar-refractivity contribution in [1.29, 1.82) is 0 Å². The maximum atomic E-state index is 13.4. The predicted octanol–water partition coefficient (Wildman–Crippen LogP) is 3.04. The Labute approximate surface area is 130 Å². The fourth-order valence-electron chi connectivity index (χ4n) is 1.57. The van der Waals surface area contributed by atoms with E-state index in [4.69, 9.17) is 4.42 Å². The van der Waals surface area contributed by atoms with Crippen molar-refractivity contribution >= 4 is 31.6 Å². The molecule has 0 unspecified atom stereocenters. The average Bonchev–Trinajstić information content (AvgIpc) is 2.89. The fraction of sp³-hybridized carbons (Fsp3) is 0.231. The summed E-state index contributed by atoms with van der Waals surface area (Å²) in [6, 6.07) is 7.59. The van der Waals surface area contributed by atoms with Crippen molar-refractivity contribution in [2.75, 3.05) is 19.4 Å². The lowest BCUT2D eigenvalue weighted by Crippen LogP contribution is -2.21. The number of hydrogen-bond acceptors (Lipinski definition) is 4.